The summed E-state index contributed by atoms with van der Waals surface area (Å²) in [5.74, 6) is -0.194. The number of hydrogen-bond donors (Lipinski definition) is 1. The van der Waals surface area contributed by atoms with E-state index >= 15 is 0 Å². The van der Waals surface area contributed by atoms with Crippen LogP contribution >= 0.6 is 0 Å². The second-order valence-electron chi connectivity index (χ2n) is 7.18. The van der Waals surface area contributed by atoms with Gasteiger partial charge in [0.2, 0.25) is 5.91 Å². The van der Waals surface area contributed by atoms with Crippen LogP contribution in [0.5, 0.6) is 0 Å². The molecule has 0 bridgehead atoms. The van der Waals surface area contributed by atoms with Crippen LogP contribution in [0.15, 0.2) is 24.3 Å². The van der Waals surface area contributed by atoms with Gasteiger partial charge in [0.15, 0.2) is 0 Å². The van der Waals surface area contributed by atoms with E-state index in [1.807, 2.05) is 0 Å². The lowest BCUT2D eigenvalue weighted by Crippen LogP contribution is -2.54. The third-order valence-electron chi connectivity index (χ3n) is 5.07. The van der Waals surface area contributed by atoms with Crippen LogP contribution in [0, 0.1) is 5.92 Å². The summed E-state index contributed by atoms with van der Waals surface area (Å²) in [4.78, 5) is 16.1. The summed E-state index contributed by atoms with van der Waals surface area (Å²) >= 11 is 0. The Hall–Kier alpha value is -1.53. The van der Waals surface area contributed by atoms with Gasteiger partial charge in [0.25, 0.3) is 6.43 Å². The summed E-state index contributed by atoms with van der Waals surface area (Å²) in [6.07, 6.45) is 1.60. The topological polar surface area (TPSA) is 35.6 Å². The molecular formula is C19H27F2N3O. The first-order valence-corrected chi connectivity index (χ1v) is 9.18. The zero-order valence-corrected chi connectivity index (χ0v) is 14.6. The molecule has 3 rings (SSSR count). The van der Waals surface area contributed by atoms with Crippen molar-refractivity contribution in [2.24, 2.45) is 5.92 Å². The molecular weight excluding hydrogens is 324 g/mol. The molecule has 0 spiro atoms. The number of nitrogens with one attached hydrogen (secondary N) is 1. The zero-order valence-electron chi connectivity index (χ0n) is 14.6. The standard InChI is InChI=1S/C19H27F2N3O/c20-18(21)14-24-12-17(13-24)19(25)22-10-15-4-6-16(7-5-15)11-23-8-2-1-3-9-23/h4-7,17-18H,1-3,8-14H2,(H,22,25). The lowest BCUT2D eigenvalue weighted by molar-refractivity contribution is -0.131. The van der Waals surface area contributed by atoms with E-state index in [1.165, 1.54) is 37.9 Å². The van der Waals surface area contributed by atoms with Crippen LogP contribution in [0.4, 0.5) is 8.78 Å². The maximum atomic E-state index is 12.2. The summed E-state index contributed by atoms with van der Waals surface area (Å²) in [5.41, 5.74) is 2.37. The Labute approximate surface area is 148 Å². The number of nitrogens with zero attached hydrogens (tertiary/aromatic N) is 2. The van der Waals surface area contributed by atoms with Crippen molar-refractivity contribution in [2.75, 3.05) is 32.7 Å². The predicted molar refractivity (Wildman–Crippen MR) is 93.4 cm³/mol. The van der Waals surface area contributed by atoms with E-state index in [0.717, 1.165) is 12.1 Å². The van der Waals surface area contributed by atoms with Crippen LogP contribution in [-0.2, 0) is 17.9 Å². The normalized spacial score (nSPS) is 19.8. The van der Waals surface area contributed by atoms with Gasteiger partial charge in [-0.3, -0.25) is 14.6 Å². The first kappa shape index (κ1) is 18.3. The zero-order chi connectivity index (χ0) is 17.6. The third kappa shape index (κ3) is 5.47. The lowest BCUT2D eigenvalue weighted by Gasteiger charge is -2.37. The monoisotopic (exact) mass is 351 g/mol. The van der Waals surface area contributed by atoms with E-state index in [1.54, 1.807) is 4.90 Å². The molecule has 2 aliphatic heterocycles. The maximum Gasteiger partial charge on any atom is 0.251 e. The van der Waals surface area contributed by atoms with E-state index in [9.17, 15) is 13.6 Å². The van der Waals surface area contributed by atoms with Gasteiger partial charge in [-0.15, -0.1) is 0 Å². The number of hydrogen-bond acceptors (Lipinski definition) is 3. The number of amides is 1. The molecule has 2 saturated heterocycles. The molecule has 138 valence electrons. The van der Waals surface area contributed by atoms with Crippen molar-refractivity contribution in [1.29, 1.82) is 0 Å². The van der Waals surface area contributed by atoms with E-state index in [2.05, 4.69) is 34.5 Å². The van der Waals surface area contributed by atoms with Gasteiger partial charge in [0, 0.05) is 26.2 Å². The smallest absolute Gasteiger partial charge is 0.251 e. The Balaban J connectivity index is 1.38. The van der Waals surface area contributed by atoms with E-state index in [0.29, 0.717) is 19.6 Å². The van der Waals surface area contributed by atoms with E-state index in [-0.39, 0.29) is 18.4 Å². The highest BCUT2D eigenvalue weighted by Gasteiger charge is 2.33. The van der Waals surface area contributed by atoms with Crippen molar-refractivity contribution >= 4 is 5.91 Å². The Bertz CT molecular complexity index is 552. The Morgan fingerprint density at radius 1 is 1.04 bits per heavy atom. The number of benzene rings is 1. The van der Waals surface area contributed by atoms with Crippen LogP contribution in [-0.4, -0.2) is 54.9 Å². The van der Waals surface area contributed by atoms with Crippen LogP contribution in [0.1, 0.15) is 30.4 Å². The minimum absolute atomic E-state index is 0.0390. The van der Waals surface area contributed by atoms with Gasteiger partial charge in [0.1, 0.15) is 0 Å². The van der Waals surface area contributed by atoms with Crippen molar-refractivity contribution in [3.8, 4) is 0 Å². The van der Waals surface area contributed by atoms with Crippen molar-refractivity contribution in [2.45, 2.75) is 38.8 Å². The van der Waals surface area contributed by atoms with Gasteiger partial charge in [0.05, 0.1) is 12.5 Å². The molecule has 1 aromatic carbocycles. The highest BCUT2D eigenvalue weighted by Crippen LogP contribution is 2.17. The summed E-state index contributed by atoms with van der Waals surface area (Å²) in [7, 11) is 0. The molecule has 2 heterocycles. The van der Waals surface area contributed by atoms with Gasteiger partial charge in [-0.05, 0) is 37.1 Å². The number of rotatable bonds is 7. The third-order valence-corrected chi connectivity index (χ3v) is 5.07. The molecule has 1 amide bonds. The van der Waals surface area contributed by atoms with E-state index < -0.39 is 6.43 Å². The summed E-state index contributed by atoms with van der Waals surface area (Å²) in [5, 5.41) is 2.91. The van der Waals surface area contributed by atoms with Crippen molar-refractivity contribution in [3.05, 3.63) is 35.4 Å². The Kier molecular flexibility index (Phi) is 6.37. The molecule has 25 heavy (non-hydrogen) atoms. The Morgan fingerprint density at radius 3 is 2.32 bits per heavy atom. The summed E-state index contributed by atoms with van der Waals surface area (Å²) in [6.45, 7) is 4.49. The highest BCUT2D eigenvalue weighted by atomic mass is 19.3. The van der Waals surface area contributed by atoms with Crippen LogP contribution in [0.3, 0.4) is 0 Å². The fourth-order valence-corrected chi connectivity index (χ4v) is 3.55. The molecule has 2 fully saturated rings. The number of halogens is 2. The van der Waals surface area contributed by atoms with Gasteiger partial charge < -0.3 is 5.32 Å². The molecule has 1 N–H and O–H groups in total. The fraction of sp³-hybridized carbons (Fsp3) is 0.632. The molecule has 0 unspecified atom stereocenters. The maximum absolute atomic E-state index is 12.2. The van der Waals surface area contributed by atoms with Crippen LogP contribution in [0.25, 0.3) is 0 Å². The van der Waals surface area contributed by atoms with Gasteiger partial charge >= 0.3 is 0 Å². The largest absolute Gasteiger partial charge is 0.352 e. The molecule has 0 aromatic heterocycles. The summed E-state index contributed by atoms with van der Waals surface area (Å²) in [6, 6.07) is 8.38. The van der Waals surface area contributed by atoms with Crippen molar-refractivity contribution in [3.63, 3.8) is 0 Å². The summed E-state index contributed by atoms with van der Waals surface area (Å²) < 4.78 is 24.5. The minimum Gasteiger partial charge on any atom is -0.352 e. The van der Waals surface area contributed by atoms with Crippen molar-refractivity contribution < 1.29 is 13.6 Å². The molecule has 2 aliphatic rings. The number of piperidine rings is 1. The molecule has 0 radical (unpaired) electrons. The van der Waals surface area contributed by atoms with Crippen molar-refractivity contribution in [1.82, 2.24) is 15.1 Å². The average molecular weight is 351 g/mol. The molecule has 0 aliphatic carbocycles. The van der Waals surface area contributed by atoms with Gasteiger partial charge in [-0.25, -0.2) is 8.78 Å². The SMILES string of the molecule is O=C(NCc1ccc(CN2CCCCC2)cc1)C1CN(CC(F)F)C1. The minimum atomic E-state index is -2.33. The van der Waals surface area contributed by atoms with Crippen LogP contribution < -0.4 is 5.32 Å². The molecule has 0 saturated carbocycles. The Morgan fingerprint density at radius 2 is 1.68 bits per heavy atom. The van der Waals surface area contributed by atoms with Gasteiger partial charge in [-0.1, -0.05) is 30.7 Å². The predicted octanol–water partition coefficient (Wildman–Crippen LogP) is 2.49. The molecule has 0 atom stereocenters. The lowest BCUT2D eigenvalue weighted by atomic mass is 9.99. The number of carbonyl (C=O) groups excluding carboxylic acids is 1. The molecule has 6 heteroatoms. The fourth-order valence-electron chi connectivity index (χ4n) is 3.55. The van der Waals surface area contributed by atoms with E-state index in [4.69, 9.17) is 0 Å². The first-order valence-electron chi connectivity index (χ1n) is 9.18. The molecule has 1 aromatic rings. The van der Waals surface area contributed by atoms with Crippen LogP contribution in [0.2, 0.25) is 0 Å². The number of alkyl halides is 2. The number of likely N-dealkylation sites (tertiary alicyclic amines) is 2. The number of carbonyl (C=O) groups is 1. The average Bonchev–Trinajstić information content (AvgIpc) is 2.57. The molecule has 4 nitrogen and oxygen atoms in total. The quantitative estimate of drug-likeness (QED) is 0.820. The second kappa shape index (κ2) is 8.72. The van der Waals surface area contributed by atoms with Gasteiger partial charge in [-0.2, -0.15) is 0 Å². The highest BCUT2D eigenvalue weighted by molar-refractivity contribution is 5.80. The second-order valence-corrected chi connectivity index (χ2v) is 7.18. The first-order chi connectivity index (χ1) is 12.1.